The van der Waals surface area contributed by atoms with Crippen LogP contribution in [0.25, 0.3) is 0 Å². The highest BCUT2D eigenvalue weighted by molar-refractivity contribution is 7.89. The average Bonchev–Trinajstić information content (AvgIpc) is 2.41. The molecule has 1 aromatic carbocycles. The Balaban J connectivity index is 2.47. The van der Waals surface area contributed by atoms with E-state index in [1.54, 1.807) is 0 Å². The van der Waals surface area contributed by atoms with Gasteiger partial charge in [0.15, 0.2) is 5.82 Å². The van der Waals surface area contributed by atoms with Crippen molar-refractivity contribution in [3.63, 3.8) is 0 Å². The summed E-state index contributed by atoms with van der Waals surface area (Å²) in [5.41, 5.74) is 0. The fourth-order valence-electron chi connectivity index (χ4n) is 1.79. The molecule has 0 aliphatic carbocycles. The van der Waals surface area contributed by atoms with Gasteiger partial charge < -0.3 is 4.74 Å². The Morgan fingerprint density at radius 2 is 2.26 bits per heavy atom. The first-order valence-electron chi connectivity index (χ1n) is 5.41. The minimum Gasteiger partial charge on any atom is -0.377 e. The number of rotatable bonds is 2. The van der Waals surface area contributed by atoms with Crippen LogP contribution in [0.2, 0.25) is 5.02 Å². The number of benzene rings is 1. The number of sulfonamides is 1. The van der Waals surface area contributed by atoms with E-state index < -0.39 is 26.8 Å². The average molecular weight is 305 g/mol. The molecule has 8 heteroatoms. The molecule has 2 rings (SSSR count). The maximum absolute atomic E-state index is 13.8. The summed E-state index contributed by atoms with van der Waals surface area (Å²) in [6.45, 7) is 0.143. The molecule has 0 saturated carbocycles. The number of ether oxygens (including phenoxy) is 1. The summed E-state index contributed by atoms with van der Waals surface area (Å²) < 4.78 is 44.5. The Morgan fingerprint density at radius 1 is 1.53 bits per heavy atom. The summed E-state index contributed by atoms with van der Waals surface area (Å²) in [6, 6.07) is 4.60. The van der Waals surface area contributed by atoms with E-state index in [9.17, 15) is 12.8 Å². The molecule has 0 spiro atoms. The van der Waals surface area contributed by atoms with Crippen molar-refractivity contribution in [2.75, 3.05) is 19.8 Å². The van der Waals surface area contributed by atoms with E-state index in [0.29, 0.717) is 0 Å². The highest BCUT2D eigenvalue weighted by Gasteiger charge is 2.36. The van der Waals surface area contributed by atoms with Crippen LogP contribution in [-0.4, -0.2) is 38.5 Å². The first-order valence-corrected chi connectivity index (χ1v) is 7.23. The van der Waals surface area contributed by atoms with Gasteiger partial charge in [-0.15, -0.1) is 0 Å². The summed E-state index contributed by atoms with van der Waals surface area (Å²) in [6.07, 6.45) is 0. The molecule has 1 aliphatic rings. The van der Waals surface area contributed by atoms with E-state index in [4.69, 9.17) is 21.6 Å². The number of hydrogen-bond acceptors (Lipinski definition) is 4. The van der Waals surface area contributed by atoms with Crippen molar-refractivity contribution in [1.29, 1.82) is 5.26 Å². The van der Waals surface area contributed by atoms with Crippen LogP contribution in [0.3, 0.4) is 0 Å². The molecule has 0 aromatic heterocycles. The number of hydrogen-bond donors (Lipinski definition) is 0. The predicted molar refractivity (Wildman–Crippen MR) is 65.5 cm³/mol. The van der Waals surface area contributed by atoms with Gasteiger partial charge in [-0.2, -0.15) is 9.57 Å². The van der Waals surface area contributed by atoms with Gasteiger partial charge >= 0.3 is 0 Å². The van der Waals surface area contributed by atoms with E-state index in [-0.39, 0.29) is 24.8 Å². The molecule has 1 aliphatic heterocycles. The molecule has 5 nitrogen and oxygen atoms in total. The van der Waals surface area contributed by atoms with Crippen molar-refractivity contribution in [2.45, 2.75) is 10.9 Å². The smallest absolute Gasteiger partial charge is 0.247 e. The third kappa shape index (κ3) is 2.58. The van der Waals surface area contributed by atoms with Crippen molar-refractivity contribution in [2.24, 2.45) is 0 Å². The molecule has 19 heavy (non-hydrogen) atoms. The first-order chi connectivity index (χ1) is 8.98. The van der Waals surface area contributed by atoms with E-state index in [2.05, 4.69) is 0 Å². The maximum Gasteiger partial charge on any atom is 0.247 e. The third-order valence-electron chi connectivity index (χ3n) is 2.73. The van der Waals surface area contributed by atoms with Crippen LogP contribution in [0.4, 0.5) is 4.39 Å². The van der Waals surface area contributed by atoms with Gasteiger partial charge in [0.25, 0.3) is 0 Å². The lowest BCUT2D eigenvalue weighted by Gasteiger charge is -2.30. The zero-order chi connectivity index (χ0) is 14.0. The second kappa shape index (κ2) is 5.43. The summed E-state index contributed by atoms with van der Waals surface area (Å²) in [5, 5.41) is 8.66. The monoisotopic (exact) mass is 304 g/mol. The topological polar surface area (TPSA) is 70.4 Å². The lowest BCUT2D eigenvalue weighted by Crippen LogP contribution is -2.48. The Labute approximate surface area is 115 Å². The molecular weight excluding hydrogens is 295 g/mol. The largest absolute Gasteiger partial charge is 0.377 e. The zero-order valence-electron chi connectivity index (χ0n) is 9.71. The number of nitrogens with zero attached hydrogens (tertiary/aromatic N) is 2. The molecule has 0 bridgehead atoms. The van der Waals surface area contributed by atoms with Crippen LogP contribution in [-0.2, 0) is 14.8 Å². The van der Waals surface area contributed by atoms with Crippen LogP contribution in [0.15, 0.2) is 23.1 Å². The molecule has 1 saturated heterocycles. The third-order valence-corrected chi connectivity index (χ3v) is 4.95. The number of nitriles is 1. The number of morpholine rings is 1. The van der Waals surface area contributed by atoms with E-state index in [1.165, 1.54) is 12.1 Å². The Bertz CT molecular complexity index is 629. The summed E-state index contributed by atoms with van der Waals surface area (Å²) >= 11 is 5.58. The first kappa shape index (κ1) is 14.2. The number of halogens is 2. The van der Waals surface area contributed by atoms with Crippen LogP contribution in [0, 0.1) is 17.1 Å². The van der Waals surface area contributed by atoms with Crippen molar-refractivity contribution in [1.82, 2.24) is 4.31 Å². The van der Waals surface area contributed by atoms with Crippen LogP contribution in [0.1, 0.15) is 0 Å². The molecule has 0 amide bonds. The van der Waals surface area contributed by atoms with Crippen molar-refractivity contribution in [3.05, 3.63) is 29.0 Å². The van der Waals surface area contributed by atoms with Gasteiger partial charge in [0.1, 0.15) is 10.9 Å². The van der Waals surface area contributed by atoms with E-state index in [0.717, 1.165) is 10.4 Å². The standard InChI is InChI=1S/C11H10ClFN2O3S/c12-9-2-1-3-10(11(9)13)19(16,17)15-4-5-18-7-8(15)6-14/h1-3,8H,4-5,7H2/t8-/m1/s1. The molecule has 1 atom stereocenters. The van der Waals surface area contributed by atoms with Gasteiger partial charge in [-0.1, -0.05) is 17.7 Å². The molecule has 0 unspecified atom stereocenters. The molecule has 0 radical (unpaired) electrons. The molecular formula is C11H10ClFN2O3S. The van der Waals surface area contributed by atoms with Gasteiger partial charge in [0, 0.05) is 6.54 Å². The zero-order valence-corrected chi connectivity index (χ0v) is 11.3. The lowest BCUT2D eigenvalue weighted by molar-refractivity contribution is 0.0510. The fraction of sp³-hybridized carbons (Fsp3) is 0.364. The van der Waals surface area contributed by atoms with Crippen LogP contribution < -0.4 is 0 Å². The van der Waals surface area contributed by atoms with Crippen LogP contribution in [0.5, 0.6) is 0 Å². The predicted octanol–water partition coefficient (Wildman–Crippen LogP) is 1.39. The van der Waals surface area contributed by atoms with E-state index >= 15 is 0 Å². The van der Waals surface area contributed by atoms with Gasteiger partial charge in [-0.3, -0.25) is 0 Å². The maximum atomic E-state index is 13.8. The minimum atomic E-state index is -4.11. The van der Waals surface area contributed by atoms with Crippen molar-refractivity contribution < 1.29 is 17.5 Å². The van der Waals surface area contributed by atoms with Gasteiger partial charge in [-0.25, -0.2) is 12.8 Å². The normalized spacial score (nSPS) is 21.0. The molecule has 1 fully saturated rings. The second-order valence-corrected chi connectivity index (χ2v) is 6.15. The summed E-state index contributed by atoms with van der Waals surface area (Å²) in [7, 11) is -4.11. The fourth-order valence-corrected chi connectivity index (χ4v) is 3.62. The highest BCUT2D eigenvalue weighted by atomic mass is 35.5. The van der Waals surface area contributed by atoms with Crippen molar-refractivity contribution >= 4 is 21.6 Å². The Hall–Kier alpha value is -1.20. The summed E-state index contributed by atoms with van der Waals surface area (Å²) in [4.78, 5) is -0.526. The van der Waals surface area contributed by atoms with Crippen molar-refractivity contribution in [3.8, 4) is 6.07 Å². The van der Waals surface area contributed by atoms with E-state index in [1.807, 2.05) is 6.07 Å². The highest BCUT2D eigenvalue weighted by Crippen LogP contribution is 2.26. The lowest BCUT2D eigenvalue weighted by atomic mass is 10.3. The molecule has 1 heterocycles. The molecule has 1 aromatic rings. The van der Waals surface area contributed by atoms with Gasteiger partial charge in [-0.05, 0) is 12.1 Å². The minimum absolute atomic E-state index is 0.00646. The van der Waals surface area contributed by atoms with Gasteiger partial charge in [0.05, 0.1) is 24.3 Å². The SMILES string of the molecule is N#C[C@@H]1COCCN1S(=O)(=O)c1cccc(Cl)c1F. The molecule has 0 N–H and O–H groups in total. The Morgan fingerprint density at radius 3 is 2.95 bits per heavy atom. The Kier molecular flexibility index (Phi) is 4.06. The second-order valence-electron chi connectivity index (χ2n) is 3.89. The summed E-state index contributed by atoms with van der Waals surface area (Å²) in [5.74, 6) is -1.01. The van der Waals surface area contributed by atoms with Gasteiger partial charge in [0.2, 0.25) is 10.0 Å². The quantitative estimate of drug-likeness (QED) is 0.828. The van der Waals surface area contributed by atoms with Crippen LogP contribution >= 0.6 is 11.6 Å². The molecule has 102 valence electrons.